The Kier molecular flexibility index (Phi) is 4.65. The molecule has 3 heteroatoms. The molecular formula is C13H17NO2. The van der Waals surface area contributed by atoms with Crippen molar-refractivity contribution in [2.24, 2.45) is 0 Å². The molecule has 0 saturated heterocycles. The van der Waals surface area contributed by atoms with Crippen LogP contribution in [0.15, 0.2) is 18.2 Å². The lowest BCUT2D eigenvalue weighted by Crippen LogP contribution is -2.11. The molecule has 0 heterocycles. The summed E-state index contributed by atoms with van der Waals surface area (Å²) in [4.78, 5) is 0. The average molecular weight is 219 g/mol. The summed E-state index contributed by atoms with van der Waals surface area (Å²) in [5, 5.41) is 8.86. The molecular weight excluding hydrogens is 202 g/mol. The van der Waals surface area contributed by atoms with Crippen LogP contribution in [0, 0.1) is 11.3 Å². The van der Waals surface area contributed by atoms with E-state index in [4.69, 9.17) is 14.7 Å². The molecule has 0 radical (unpaired) electrons. The molecule has 1 unspecified atom stereocenters. The van der Waals surface area contributed by atoms with E-state index in [1.165, 1.54) is 0 Å². The molecule has 0 aliphatic carbocycles. The molecule has 0 aliphatic heterocycles. The van der Waals surface area contributed by atoms with Crippen molar-refractivity contribution in [2.75, 3.05) is 7.11 Å². The highest BCUT2D eigenvalue weighted by Crippen LogP contribution is 2.23. The van der Waals surface area contributed by atoms with Crippen molar-refractivity contribution in [3.8, 4) is 17.6 Å². The number of hydrogen-bond donors (Lipinski definition) is 0. The first-order chi connectivity index (χ1) is 7.69. The average Bonchev–Trinajstić information content (AvgIpc) is 2.28. The van der Waals surface area contributed by atoms with Crippen LogP contribution in [-0.4, -0.2) is 13.2 Å². The lowest BCUT2D eigenvalue weighted by molar-refractivity contribution is 0.209. The zero-order chi connectivity index (χ0) is 12.0. The molecule has 1 atom stereocenters. The lowest BCUT2D eigenvalue weighted by atomic mass is 10.2. The van der Waals surface area contributed by atoms with Gasteiger partial charge in [-0.25, -0.2) is 0 Å². The standard InChI is InChI=1S/C13H17NO2/c1-4-5-10(2)16-13-7-11(9-14)6-12(8-13)15-3/h6-8,10H,4-5H2,1-3H3. The molecule has 3 nitrogen and oxygen atoms in total. The molecule has 0 bridgehead atoms. The van der Waals surface area contributed by atoms with Crippen LogP contribution >= 0.6 is 0 Å². The topological polar surface area (TPSA) is 42.2 Å². The Morgan fingerprint density at radius 2 is 2.00 bits per heavy atom. The number of methoxy groups -OCH3 is 1. The van der Waals surface area contributed by atoms with E-state index in [9.17, 15) is 0 Å². The van der Waals surface area contributed by atoms with Gasteiger partial charge in [-0.05, 0) is 25.5 Å². The highest BCUT2D eigenvalue weighted by Gasteiger charge is 2.06. The summed E-state index contributed by atoms with van der Waals surface area (Å²) >= 11 is 0. The van der Waals surface area contributed by atoms with Gasteiger partial charge >= 0.3 is 0 Å². The molecule has 86 valence electrons. The third-order valence-electron chi connectivity index (χ3n) is 2.28. The highest BCUT2D eigenvalue weighted by atomic mass is 16.5. The van der Waals surface area contributed by atoms with E-state index in [0.717, 1.165) is 12.8 Å². The van der Waals surface area contributed by atoms with Crippen molar-refractivity contribution in [2.45, 2.75) is 32.8 Å². The van der Waals surface area contributed by atoms with Gasteiger partial charge in [0.15, 0.2) is 0 Å². The van der Waals surface area contributed by atoms with E-state index >= 15 is 0 Å². The van der Waals surface area contributed by atoms with E-state index in [-0.39, 0.29) is 6.10 Å². The van der Waals surface area contributed by atoms with Crippen LogP contribution in [0.1, 0.15) is 32.3 Å². The van der Waals surface area contributed by atoms with Crippen molar-refractivity contribution in [3.05, 3.63) is 23.8 Å². The lowest BCUT2D eigenvalue weighted by Gasteiger charge is -2.14. The largest absolute Gasteiger partial charge is 0.497 e. The van der Waals surface area contributed by atoms with E-state index in [1.807, 2.05) is 6.92 Å². The van der Waals surface area contributed by atoms with Gasteiger partial charge in [0.2, 0.25) is 0 Å². The number of rotatable bonds is 5. The molecule has 0 aliphatic rings. The molecule has 0 fully saturated rings. The van der Waals surface area contributed by atoms with Gasteiger partial charge in [0.05, 0.1) is 24.8 Å². The van der Waals surface area contributed by atoms with E-state index in [0.29, 0.717) is 17.1 Å². The van der Waals surface area contributed by atoms with Gasteiger partial charge in [-0.3, -0.25) is 0 Å². The van der Waals surface area contributed by atoms with E-state index in [1.54, 1.807) is 25.3 Å². The zero-order valence-corrected chi connectivity index (χ0v) is 9.99. The Bertz CT molecular complexity index is 382. The molecule has 0 saturated carbocycles. The summed E-state index contributed by atoms with van der Waals surface area (Å²) in [5.41, 5.74) is 0.554. The predicted octanol–water partition coefficient (Wildman–Crippen LogP) is 3.13. The Hall–Kier alpha value is -1.69. The van der Waals surface area contributed by atoms with Crippen LogP contribution in [-0.2, 0) is 0 Å². The van der Waals surface area contributed by atoms with Crippen molar-refractivity contribution >= 4 is 0 Å². The molecule has 0 amide bonds. The van der Waals surface area contributed by atoms with E-state index < -0.39 is 0 Å². The normalized spacial score (nSPS) is 11.6. The summed E-state index contributed by atoms with van der Waals surface area (Å²) in [6.45, 7) is 4.14. The first-order valence-electron chi connectivity index (χ1n) is 5.45. The van der Waals surface area contributed by atoms with Crippen LogP contribution in [0.2, 0.25) is 0 Å². The fourth-order valence-electron chi connectivity index (χ4n) is 1.52. The Morgan fingerprint density at radius 1 is 1.31 bits per heavy atom. The van der Waals surface area contributed by atoms with Crippen LogP contribution in [0.25, 0.3) is 0 Å². The SMILES string of the molecule is CCCC(C)Oc1cc(C#N)cc(OC)c1. The second-order valence-electron chi connectivity index (χ2n) is 3.73. The number of ether oxygens (including phenoxy) is 2. The first-order valence-corrected chi connectivity index (χ1v) is 5.45. The van der Waals surface area contributed by atoms with Gasteiger partial charge in [-0.2, -0.15) is 5.26 Å². The molecule has 1 aromatic rings. The van der Waals surface area contributed by atoms with Gasteiger partial charge in [0.1, 0.15) is 11.5 Å². The molecule has 1 aromatic carbocycles. The van der Waals surface area contributed by atoms with Crippen LogP contribution in [0.5, 0.6) is 11.5 Å². The summed E-state index contributed by atoms with van der Waals surface area (Å²) in [6, 6.07) is 7.31. The second kappa shape index (κ2) is 6.02. The Labute approximate surface area is 96.6 Å². The minimum absolute atomic E-state index is 0.156. The monoisotopic (exact) mass is 219 g/mol. The number of benzene rings is 1. The number of nitriles is 1. The summed E-state index contributed by atoms with van der Waals surface area (Å²) < 4.78 is 10.8. The van der Waals surface area contributed by atoms with Crippen molar-refractivity contribution in [1.82, 2.24) is 0 Å². The minimum Gasteiger partial charge on any atom is -0.497 e. The second-order valence-corrected chi connectivity index (χ2v) is 3.73. The first kappa shape index (κ1) is 12.4. The van der Waals surface area contributed by atoms with Gasteiger partial charge in [0, 0.05) is 6.07 Å². The number of hydrogen-bond acceptors (Lipinski definition) is 3. The smallest absolute Gasteiger partial charge is 0.124 e. The molecule has 0 aromatic heterocycles. The summed E-state index contributed by atoms with van der Waals surface area (Å²) in [6.07, 6.45) is 2.23. The number of nitrogens with zero attached hydrogens (tertiary/aromatic N) is 1. The molecule has 1 rings (SSSR count). The third-order valence-corrected chi connectivity index (χ3v) is 2.28. The predicted molar refractivity (Wildman–Crippen MR) is 62.7 cm³/mol. The fourth-order valence-corrected chi connectivity index (χ4v) is 1.52. The third kappa shape index (κ3) is 3.47. The van der Waals surface area contributed by atoms with Gasteiger partial charge in [-0.15, -0.1) is 0 Å². The molecule has 16 heavy (non-hydrogen) atoms. The van der Waals surface area contributed by atoms with Crippen molar-refractivity contribution in [3.63, 3.8) is 0 Å². The fraction of sp³-hybridized carbons (Fsp3) is 0.462. The van der Waals surface area contributed by atoms with Gasteiger partial charge < -0.3 is 9.47 Å². The maximum absolute atomic E-state index is 8.86. The molecule has 0 N–H and O–H groups in total. The Balaban J connectivity index is 2.83. The van der Waals surface area contributed by atoms with Crippen molar-refractivity contribution < 1.29 is 9.47 Å². The summed E-state index contributed by atoms with van der Waals surface area (Å²) in [5.74, 6) is 1.34. The van der Waals surface area contributed by atoms with E-state index in [2.05, 4.69) is 13.0 Å². The van der Waals surface area contributed by atoms with Crippen LogP contribution in [0.3, 0.4) is 0 Å². The van der Waals surface area contributed by atoms with Crippen LogP contribution in [0.4, 0.5) is 0 Å². The Morgan fingerprint density at radius 3 is 2.56 bits per heavy atom. The summed E-state index contributed by atoms with van der Waals surface area (Å²) in [7, 11) is 1.58. The van der Waals surface area contributed by atoms with Gasteiger partial charge in [-0.1, -0.05) is 13.3 Å². The quantitative estimate of drug-likeness (QED) is 0.764. The van der Waals surface area contributed by atoms with Crippen molar-refractivity contribution in [1.29, 1.82) is 5.26 Å². The zero-order valence-electron chi connectivity index (χ0n) is 9.99. The molecule has 0 spiro atoms. The highest BCUT2D eigenvalue weighted by molar-refractivity contribution is 5.43. The van der Waals surface area contributed by atoms with Gasteiger partial charge in [0.25, 0.3) is 0 Å². The minimum atomic E-state index is 0.156. The van der Waals surface area contributed by atoms with Crippen LogP contribution < -0.4 is 9.47 Å². The maximum atomic E-state index is 8.86. The maximum Gasteiger partial charge on any atom is 0.124 e.